The Morgan fingerprint density at radius 2 is 1.94 bits per heavy atom. The molecular formula is C22H17N5O4. The second-order valence-electron chi connectivity index (χ2n) is 7.48. The summed E-state index contributed by atoms with van der Waals surface area (Å²) < 4.78 is 2.50. The highest BCUT2D eigenvalue weighted by Gasteiger charge is 2.20. The molecule has 5 rings (SSSR count). The maximum Gasteiger partial charge on any atom is 0.294 e. The van der Waals surface area contributed by atoms with Gasteiger partial charge in [-0.05, 0) is 42.5 Å². The molecule has 0 amide bonds. The summed E-state index contributed by atoms with van der Waals surface area (Å²) in [6.07, 6.45) is 5.69. The van der Waals surface area contributed by atoms with Crippen molar-refractivity contribution >= 4 is 22.5 Å². The molecule has 0 spiro atoms. The number of ketones is 1. The van der Waals surface area contributed by atoms with Crippen molar-refractivity contribution in [2.45, 2.75) is 25.8 Å². The molecule has 2 heterocycles. The van der Waals surface area contributed by atoms with Crippen LogP contribution in [0.3, 0.4) is 0 Å². The number of benzene rings is 2. The molecule has 0 bridgehead atoms. The van der Waals surface area contributed by atoms with Crippen molar-refractivity contribution in [1.82, 2.24) is 19.3 Å². The highest BCUT2D eigenvalue weighted by Crippen LogP contribution is 2.25. The molecule has 1 aliphatic rings. The summed E-state index contributed by atoms with van der Waals surface area (Å²) in [5, 5.41) is 15.7. The number of carbonyl (C=O) groups excluding carboxylic acids is 1. The minimum Gasteiger partial charge on any atom is -0.292 e. The van der Waals surface area contributed by atoms with Gasteiger partial charge in [0.1, 0.15) is 17.4 Å². The van der Waals surface area contributed by atoms with Crippen LogP contribution in [-0.2, 0) is 19.4 Å². The van der Waals surface area contributed by atoms with Crippen molar-refractivity contribution in [3.63, 3.8) is 0 Å². The average Bonchev–Trinajstić information content (AvgIpc) is 3.42. The van der Waals surface area contributed by atoms with Crippen LogP contribution in [0.5, 0.6) is 0 Å². The maximum absolute atomic E-state index is 12.9. The van der Waals surface area contributed by atoms with Crippen LogP contribution in [0.25, 0.3) is 16.7 Å². The van der Waals surface area contributed by atoms with E-state index < -0.39 is 10.5 Å². The number of nitro groups is 1. The fourth-order valence-corrected chi connectivity index (χ4v) is 4.03. The van der Waals surface area contributed by atoms with Gasteiger partial charge in [0.05, 0.1) is 17.7 Å². The number of fused-ring (bicyclic) bond motifs is 2. The predicted molar refractivity (Wildman–Crippen MR) is 113 cm³/mol. The van der Waals surface area contributed by atoms with Crippen LogP contribution >= 0.6 is 0 Å². The molecule has 154 valence electrons. The first-order valence-electron chi connectivity index (χ1n) is 9.85. The van der Waals surface area contributed by atoms with E-state index in [-0.39, 0.29) is 34.7 Å². The van der Waals surface area contributed by atoms with Crippen LogP contribution < -0.4 is 5.56 Å². The molecule has 31 heavy (non-hydrogen) atoms. The summed E-state index contributed by atoms with van der Waals surface area (Å²) in [5.41, 5.74) is 2.87. The Balaban J connectivity index is 1.50. The summed E-state index contributed by atoms with van der Waals surface area (Å²) in [4.78, 5) is 40.8. The highest BCUT2D eigenvalue weighted by atomic mass is 16.6. The Bertz CT molecular complexity index is 1420. The van der Waals surface area contributed by atoms with Crippen LogP contribution in [0.2, 0.25) is 0 Å². The van der Waals surface area contributed by atoms with E-state index >= 15 is 0 Å². The van der Waals surface area contributed by atoms with E-state index in [0.717, 1.165) is 19.3 Å². The van der Waals surface area contributed by atoms with Gasteiger partial charge >= 0.3 is 0 Å². The lowest BCUT2D eigenvalue weighted by atomic mass is 10.0. The summed E-state index contributed by atoms with van der Waals surface area (Å²) in [6.45, 7) is -0.142. The smallest absolute Gasteiger partial charge is 0.292 e. The van der Waals surface area contributed by atoms with Gasteiger partial charge in [-0.1, -0.05) is 24.3 Å². The molecule has 2 aromatic heterocycles. The number of aromatic nitrogens is 4. The van der Waals surface area contributed by atoms with E-state index in [9.17, 15) is 19.7 Å². The molecular weight excluding hydrogens is 398 g/mol. The van der Waals surface area contributed by atoms with E-state index in [1.54, 1.807) is 18.2 Å². The number of carbonyl (C=O) groups is 1. The molecule has 0 saturated heterocycles. The quantitative estimate of drug-likeness (QED) is 0.281. The molecule has 1 aliphatic carbocycles. The summed E-state index contributed by atoms with van der Waals surface area (Å²) in [7, 11) is 0. The Labute approximate surface area is 175 Å². The zero-order valence-corrected chi connectivity index (χ0v) is 16.4. The van der Waals surface area contributed by atoms with Gasteiger partial charge in [-0.15, -0.1) is 0 Å². The number of hydrogen-bond acceptors (Lipinski definition) is 6. The summed E-state index contributed by atoms with van der Waals surface area (Å²) in [5.74, 6) is -0.177. The lowest BCUT2D eigenvalue weighted by Gasteiger charge is -2.07. The number of rotatable bonds is 5. The van der Waals surface area contributed by atoms with Gasteiger partial charge in [0.2, 0.25) is 0 Å². The standard InChI is InChI=1S/C22H17N5O4/c28-20(16-9-8-14-4-3-5-15(14)10-16)12-25-13-23-21-17(22(25)29)11-24-26(21)18-6-1-2-7-19(18)27(30)31/h1-2,6-11,13H,3-5,12H2. The minimum absolute atomic E-state index is 0.142. The largest absolute Gasteiger partial charge is 0.294 e. The first-order valence-corrected chi connectivity index (χ1v) is 9.85. The van der Waals surface area contributed by atoms with Crippen molar-refractivity contribution < 1.29 is 9.72 Å². The number of nitro benzene ring substituents is 1. The highest BCUT2D eigenvalue weighted by molar-refractivity contribution is 5.96. The topological polar surface area (TPSA) is 113 Å². The van der Waals surface area contributed by atoms with Gasteiger partial charge in [-0.2, -0.15) is 5.10 Å². The van der Waals surface area contributed by atoms with E-state index in [4.69, 9.17) is 0 Å². The Morgan fingerprint density at radius 1 is 1.13 bits per heavy atom. The lowest BCUT2D eigenvalue weighted by molar-refractivity contribution is -0.384. The van der Waals surface area contributed by atoms with Gasteiger partial charge in [0, 0.05) is 11.6 Å². The number of para-hydroxylation sites is 2. The summed E-state index contributed by atoms with van der Waals surface area (Å²) in [6, 6.07) is 11.8. The van der Waals surface area contributed by atoms with Crippen molar-refractivity contribution in [2.24, 2.45) is 0 Å². The first-order chi connectivity index (χ1) is 15.0. The Hall–Kier alpha value is -4.14. The molecule has 9 heteroatoms. The second-order valence-corrected chi connectivity index (χ2v) is 7.48. The third-order valence-electron chi connectivity index (χ3n) is 5.60. The molecule has 0 fully saturated rings. The molecule has 0 aliphatic heterocycles. The molecule has 0 unspecified atom stereocenters. The van der Waals surface area contributed by atoms with Gasteiger partial charge in [-0.25, -0.2) is 9.67 Å². The van der Waals surface area contributed by atoms with Crippen LogP contribution in [0.4, 0.5) is 5.69 Å². The fourth-order valence-electron chi connectivity index (χ4n) is 4.03. The Morgan fingerprint density at radius 3 is 2.77 bits per heavy atom. The zero-order valence-electron chi connectivity index (χ0n) is 16.4. The molecule has 0 radical (unpaired) electrons. The molecule has 2 aromatic carbocycles. The molecule has 0 saturated carbocycles. The number of nitrogens with zero attached hydrogens (tertiary/aromatic N) is 5. The number of aryl methyl sites for hydroxylation is 2. The van der Waals surface area contributed by atoms with Gasteiger partial charge in [0.15, 0.2) is 11.4 Å². The third kappa shape index (κ3) is 3.20. The molecule has 9 nitrogen and oxygen atoms in total. The number of Topliss-reactive ketones (excluding diaryl/α,β-unsaturated/α-hetero) is 1. The number of hydrogen-bond donors (Lipinski definition) is 0. The minimum atomic E-state index is -0.515. The third-order valence-corrected chi connectivity index (χ3v) is 5.60. The van der Waals surface area contributed by atoms with Gasteiger partial charge in [-0.3, -0.25) is 24.3 Å². The molecule has 0 atom stereocenters. The first kappa shape index (κ1) is 18.9. The fraction of sp³-hybridized carbons (Fsp3) is 0.182. The maximum atomic E-state index is 12.9. The van der Waals surface area contributed by atoms with Crippen molar-refractivity contribution in [2.75, 3.05) is 0 Å². The molecule has 0 N–H and O–H groups in total. The van der Waals surface area contributed by atoms with E-state index in [2.05, 4.69) is 10.1 Å². The van der Waals surface area contributed by atoms with Crippen LogP contribution in [-0.4, -0.2) is 30.0 Å². The average molecular weight is 415 g/mol. The Kier molecular flexibility index (Phi) is 4.43. The van der Waals surface area contributed by atoms with Crippen LogP contribution in [0.15, 0.2) is 59.8 Å². The summed E-state index contributed by atoms with van der Waals surface area (Å²) >= 11 is 0. The monoisotopic (exact) mass is 415 g/mol. The van der Waals surface area contributed by atoms with Crippen molar-refractivity contribution in [3.8, 4) is 5.69 Å². The van der Waals surface area contributed by atoms with Gasteiger partial charge in [0.25, 0.3) is 11.2 Å². The SMILES string of the molecule is O=C(Cn1cnc2c(cnn2-c2ccccc2[N+](=O)[O-])c1=O)c1ccc2c(c1)CCC2. The van der Waals surface area contributed by atoms with Crippen molar-refractivity contribution in [3.05, 3.63) is 92.1 Å². The van der Waals surface area contributed by atoms with E-state index in [0.29, 0.717) is 5.56 Å². The zero-order chi connectivity index (χ0) is 21.5. The molecule has 4 aromatic rings. The lowest BCUT2D eigenvalue weighted by Crippen LogP contribution is -2.24. The van der Waals surface area contributed by atoms with Crippen LogP contribution in [0.1, 0.15) is 27.9 Å². The predicted octanol–water partition coefficient (Wildman–Crippen LogP) is 2.86. The van der Waals surface area contributed by atoms with Crippen LogP contribution in [0, 0.1) is 10.1 Å². The normalized spacial score (nSPS) is 12.8. The second kappa shape index (κ2) is 7.28. The van der Waals surface area contributed by atoms with E-state index in [1.807, 2.05) is 12.1 Å². The van der Waals surface area contributed by atoms with E-state index in [1.165, 1.54) is 45.0 Å². The van der Waals surface area contributed by atoms with Gasteiger partial charge < -0.3 is 0 Å². The van der Waals surface area contributed by atoms with Crippen molar-refractivity contribution in [1.29, 1.82) is 0 Å².